The molecule has 5 nitrogen and oxygen atoms in total. The summed E-state index contributed by atoms with van der Waals surface area (Å²) in [6.45, 7) is 5.49. The summed E-state index contributed by atoms with van der Waals surface area (Å²) in [5, 5.41) is 4.23. The van der Waals surface area contributed by atoms with Gasteiger partial charge in [-0.1, -0.05) is 30.3 Å². The highest BCUT2D eigenvalue weighted by Gasteiger charge is 2.20. The van der Waals surface area contributed by atoms with E-state index in [1.807, 2.05) is 46.2 Å². The van der Waals surface area contributed by atoms with Crippen LogP contribution in [0.2, 0.25) is 0 Å². The van der Waals surface area contributed by atoms with Crippen molar-refractivity contribution in [1.29, 1.82) is 0 Å². The Hall–Kier alpha value is -1.79. The summed E-state index contributed by atoms with van der Waals surface area (Å²) in [6.07, 6.45) is 3.80. The van der Waals surface area contributed by atoms with Gasteiger partial charge in [-0.15, -0.1) is 11.8 Å². The quantitative estimate of drug-likeness (QED) is 0.770. The summed E-state index contributed by atoms with van der Waals surface area (Å²) in [6, 6.07) is 12.3. The van der Waals surface area contributed by atoms with Crippen molar-refractivity contribution in [2.24, 2.45) is 0 Å². The van der Waals surface area contributed by atoms with Gasteiger partial charge in [0.1, 0.15) is 0 Å². The molecule has 0 bridgehead atoms. The number of aromatic nitrogens is 2. The lowest BCUT2D eigenvalue weighted by atomic mass is 10.2. The number of nitrogens with zero attached hydrogens (tertiary/aromatic N) is 4. The molecule has 128 valence electrons. The fourth-order valence-electron chi connectivity index (χ4n) is 2.82. The Kier molecular flexibility index (Phi) is 6.32. The molecule has 6 heteroatoms. The van der Waals surface area contributed by atoms with Crippen LogP contribution in [0.25, 0.3) is 0 Å². The molecule has 1 amide bonds. The largest absolute Gasteiger partial charge is 0.339 e. The molecule has 0 N–H and O–H groups in total. The van der Waals surface area contributed by atoms with Gasteiger partial charge >= 0.3 is 0 Å². The second kappa shape index (κ2) is 8.89. The van der Waals surface area contributed by atoms with Crippen LogP contribution in [0.5, 0.6) is 0 Å². The summed E-state index contributed by atoms with van der Waals surface area (Å²) >= 11 is 1.70. The van der Waals surface area contributed by atoms with E-state index >= 15 is 0 Å². The smallest absolute Gasteiger partial charge is 0.232 e. The Bertz CT molecular complexity index is 609. The molecule has 1 aliphatic heterocycles. The number of thioether (sulfide) groups is 1. The van der Waals surface area contributed by atoms with Crippen molar-refractivity contribution in [1.82, 2.24) is 19.6 Å². The molecule has 0 saturated carbocycles. The monoisotopic (exact) mass is 344 g/mol. The van der Waals surface area contributed by atoms with Gasteiger partial charge in [0, 0.05) is 50.9 Å². The molecule has 0 radical (unpaired) electrons. The van der Waals surface area contributed by atoms with Crippen LogP contribution < -0.4 is 0 Å². The standard InChI is InChI=1S/C18H24N4OS/c23-18(16-24-15-17-5-2-1-3-6-17)21-12-9-20(10-13-21)11-14-22-8-4-7-19-22/h1-8H,9-16H2. The Morgan fingerprint density at radius 1 is 1.04 bits per heavy atom. The predicted octanol–water partition coefficient (Wildman–Crippen LogP) is 1.96. The van der Waals surface area contributed by atoms with Crippen molar-refractivity contribution >= 4 is 17.7 Å². The van der Waals surface area contributed by atoms with E-state index in [-0.39, 0.29) is 5.91 Å². The molecule has 0 unspecified atom stereocenters. The second-order valence-electron chi connectivity index (χ2n) is 5.97. The maximum absolute atomic E-state index is 12.3. The Morgan fingerprint density at radius 3 is 2.54 bits per heavy atom. The maximum Gasteiger partial charge on any atom is 0.232 e. The molecule has 3 rings (SSSR count). The van der Waals surface area contributed by atoms with E-state index in [9.17, 15) is 4.79 Å². The molecule has 0 aliphatic carbocycles. The van der Waals surface area contributed by atoms with Crippen molar-refractivity contribution in [2.75, 3.05) is 38.5 Å². The zero-order chi connectivity index (χ0) is 16.6. The fourth-order valence-corrected chi connectivity index (χ4v) is 3.71. The third kappa shape index (κ3) is 5.11. The van der Waals surface area contributed by atoms with Gasteiger partial charge in [0.15, 0.2) is 0 Å². The number of rotatable bonds is 7. The van der Waals surface area contributed by atoms with E-state index in [4.69, 9.17) is 0 Å². The van der Waals surface area contributed by atoms with Crippen LogP contribution in [0, 0.1) is 0 Å². The van der Waals surface area contributed by atoms with Crippen molar-refractivity contribution in [3.63, 3.8) is 0 Å². The van der Waals surface area contributed by atoms with Crippen molar-refractivity contribution in [2.45, 2.75) is 12.3 Å². The van der Waals surface area contributed by atoms with Crippen LogP contribution in [-0.2, 0) is 17.1 Å². The number of piperazine rings is 1. The Morgan fingerprint density at radius 2 is 1.83 bits per heavy atom. The highest BCUT2D eigenvalue weighted by molar-refractivity contribution is 7.99. The zero-order valence-corrected chi connectivity index (χ0v) is 14.7. The van der Waals surface area contributed by atoms with Gasteiger partial charge in [-0.05, 0) is 11.6 Å². The first kappa shape index (κ1) is 17.0. The van der Waals surface area contributed by atoms with E-state index in [2.05, 4.69) is 22.1 Å². The Balaban J connectivity index is 1.33. The summed E-state index contributed by atoms with van der Waals surface area (Å²) < 4.78 is 1.96. The van der Waals surface area contributed by atoms with Gasteiger partial charge in [0.25, 0.3) is 0 Å². The number of amides is 1. The molecule has 0 atom stereocenters. The first-order chi connectivity index (χ1) is 11.8. The summed E-state index contributed by atoms with van der Waals surface area (Å²) in [5.74, 6) is 1.74. The summed E-state index contributed by atoms with van der Waals surface area (Å²) in [4.78, 5) is 16.7. The van der Waals surface area contributed by atoms with E-state index < -0.39 is 0 Å². The number of carbonyl (C=O) groups is 1. The predicted molar refractivity (Wildman–Crippen MR) is 97.9 cm³/mol. The van der Waals surface area contributed by atoms with Crippen LogP contribution in [0.15, 0.2) is 48.8 Å². The highest BCUT2D eigenvalue weighted by Crippen LogP contribution is 2.13. The molecule has 1 aliphatic rings. The molecule has 0 spiro atoms. The molecular weight excluding hydrogens is 320 g/mol. The van der Waals surface area contributed by atoms with Crippen molar-refractivity contribution in [3.05, 3.63) is 54.4 Å². The molecule has 1 aromatic carbocycles. The number of hydrogen-bond donors (Lipinski definition) is 0. The van der Waals surface area contributed by atoms with Gasteiger partial charge in [0.05, 0.1) is 12.3 Å². The van der Waals surface area contributed by atoms with Crippen LogP contribution in [0.1, 0.15) is 5.56 Å². The minimum Gasteiger partial charge on any atom is -0.339 e. The number of hydrogen-bond acceptors (Lipinski definition) is 4. The fraction of sp³-hybridized carbons (Fsp3) is 0.444. The SMILES string of the molecule is O=C(CSCc1ccccc1)N1CCN(CCn2cccn2)CC1. The van der Waals surface area contributed by atoms with Crippen LogP contribution in [0.3, 0.4) is 0 Å². The Labute approximate surface area is 147 Å². The maximum atomic E-state index is 12.3. The topological polar surface area (TPSA) is 41.4 Å². The zero-order valence-electron chi connectivity index (χ0n) is 13.9. The third-order valence-electron chi connectivity index (χ3n) is 4.27. The van der Waals surface area contributed by atoms with Crippen molar-refractivity contribution < 1.29 is 4.79 Å². The molecule has 2 aromatic rings. The van der Waals surface area contributed by atoms with E-state index in [1.165, 1.54) is 5.56 Å². The molecule has 24 heavy (non-hydrogen) atoms. The van der Waals surface area contributed by atoms with Crippen LogP contribution >= 0.6 is 11.8 Å². The molecular formula is C18H24N4OS. The van der Waals surface area contributed by atoms with Crippen LogP contribution in [-0.4, -0.2) is 64.0 Å². The summed E-state index contributed by atoms with van der Waals surface area (Å²) in [7, 11) is 0. The average molecular weight is 344 g/mol. The second-order valence-corrected chi connectivity index (χ2v) is 6.96. The first-order valence-electron chi connectivity index (χ1n) is 8.40. The summed E-state index contributed by atoms with van der Waals surface area (Å²) in [5.41, 5.74) is 1.28. The van der Waals surface area contributed by atoms with Gasteiger partial charge in [-0.2, -0.15) is 5.10 Å². The highest BCUT2D eigenvalue weighted by atomic mass is 32.2. The minimum atomic E-state index is 0.266. The molecule has 1 fully saturated rings. The lowest BCUT2D eigenvalue weighted by Crippen LogP contribution is -2.49. The molecule has 2 heterocycles. The molecule has 1 saturated heterocycles. The van der Waals surface area contributed by atoms with Gasteiger partial charge < -0.3 is 4.90 Å². The van der Waals surface area contributed by atoms with Gasteiger partial charge in [0.2, 0.25) is 5.91 Å². The third-order valence-corrected chi connectivity index (χ3v) is 5.26. The van der Waals surface area contributed by atoms with E-state index in [1.54, 1.807) is 11.8 Å². The van der Waals surface area contributed by atoms with Gasteiger partial charge in [-0.3, -0.25) is 14.4 Å². The van der Waals surface area contributed by atoms with Crippen LogP contribution in [0.4, 0.5) is 0 Å². The first-order valence-corrected chi connectivity index (χ1v) is 9.56. The van der Waals surface area contributed by atoms with Crippen molar-refractivity contribution in [3.8, 4) is 0 Å². The lowest BCUT2D eigenvalue weighted by Gasteiger charge is -2.34. The van der Waals surface area contributed by atoms with Gasteiger partial charge in [-0.25, -0.2) is 0 Å². The number of carbonyl (C=O) groups excluding carboxylic acids is 1. The lowest BCUT2D eigenvalue weighted by molar-refractivity contribution is -0.130. The number of benzene rings is 1. The normalized spacial score (nSPS) is 15.6. The minimum absolute atomic E-state index is 0.266. The van der Waals surface area contributed by atoms with E-state index in [0.717, 1.165) is 45.0 Å². The van der Waals surface area contributed by atoms with E-state index in [0.29, 0.717) is 5.75 Å². The molecule has 1 aromatic heterocycles. The average Bonchev–Trinajstić information content (AvgIpc) is 3.15.